The molecule has 0 aromatic heterocycles. The summed E-state index contributed by atoms with van der Waals surface area (Å²) < 4.78 is 5.35. The second-order valence-corrected chi connectivity index (χ2v) is 5.74. The highest BCUT2D eigenvalue weighted by molar-refractivity contribution is 5.73. The highest BCUT2D eigenvalue weighted by atomic mass is 16.5. The summed E-state index contributed by atoms with van der Waals surface area (Å²) >= 11 is 0. The van der Waals surface area contributed by atoms with Gasteiger partial charge in [0, 0.05) is 13.2 Å². The maximum Gasteiger partial charge on any atom is 0.408 e. The highest BCUT2D eigenvalue weighted by Gasteiger charge is 2.38. The van der Waals surface area contributed by atoms with E-state index in [2.05, 4.69) is 0 Å². The van der Waals surface area contributed by atoms with Crippen LogP contribution in [0, 0.1) is 5.92 Å². The first kappa shape index (κ1) is 14.3. The number of rotatable bonds is 4. The van der Waals surface area contributed by atoms with Gasteiger partial charge in [-0.2, -0.15) is 0 Å². The molecule has 1 amide bonds. The Labute approximate surface area is 113 Å². The molecule has 0 radical (unpaired) electrons. The van der Waals surface area contributed by atoms with E-state index in [1.165, 1.54) is 4.90 Å². The van der Waals surface area contributed by atoms with Crippen LogP contribution in [0.25, 0.3) is 0 Å². The molecular formula is C14H23NO4. The fourth-order valence-electron chi connectivity index (χ4n) is 3.56. The third kappa shape index (κ3) is 3.26. The van der Waals surface area contributed by atoms with Gasteiger partial charge in [-0.25, -0.2) is 4.79 Å². The maximum absolute atomic E-state index is 11.3. The van der Waals surface area contributed by atoms with E-state index in [1.807, 2.05) is 0 Å². The van der Waals surface area contributed by atoms with E-state index in [9.17, 15) is 14.7 Å². The van der Waals surface area contributed by atoms with Crippen LogP contribution in [0.2, 0.25) is 0 Å². The van der Waals surface area contributed by atoms with E-state index in [1.54, 1.807) is 7.11 Å². The summed E-state index contributed by atoms with van der Waals surface area (Å²) in [5.41, 5.74) is 0. The lowest BCUT2D eigenvalue weighted by Gasteiger charge is -2.32. The van der Waals surface area contributed by atoms with Crippen molar-refractivity contribution < 1.29 is 19.4 Å². The molecule has 2 aliphatic rings. The second-order valence-electron chi connectivity index (χ2n) is 5.74. The molecule has 1 saturated heterocycles. The monoisotopic (exact) mass is 269 g/mol. The minimum Gasteiger partial charge on any atom is -0.465 e. The molecule has 0 bridgehead atoms. The van der Waals surface area contributed by atoms with Crippen molar-refractivity contribution in [2.45, 2.75) is 63.1 Å². The predicted octanol–water partition coefficient (Wildman–Crippen LogP) is 2.29. The number of nitrogens with zero attached hydrogens (tertiary/aromatic N) is 1. The van der Waals surface area contributed by atoms with E-state index in [-0.39, 0.29) is 6.04 Å². The smallest absolute Gasteiger partial charge is 0.408 e. The average molecular weight is 269 g/mol. The molecule has 2 fully saturated rings. The Morgan fingerprint density at radius 3 is 2.47 bits per heavy atom. The Morgan fingerprint density at radius 1 is 1.26 bits per heavy atom. The highest BCUT2D eigenvalue weighted by Crippen LogP contribution is 2.34. The van der Waals surface area contributed by atoms with Crippen LogP contribution in [0.4, 0.5) is 4.79 Å². The summed E-state index contributed by atoms with van der Waals surface area (Å²) in [6.45, 7) is 0. The van der Waals surface area contributed by atoms with Gasteiger partial charge in [-0.1, -0.05) is 0 Å². The van der Waals surface area contributed by atoms with Gasteiger partial charge in [0.05, 0.1) is 12.1 Å². The van der Waals surface area contributed by atoms with Crippen molar-refractivity contribution in [1.82, 2.24) is 4.90 Å². The molecule has 19 heavy (non-hydrogen) atoms. The van der Waals surface area contributed by atoms with E-state index >= 15 is 0 Å². The van der Waals surface area contributed by atoms with Gasteiger partial charge >= 0.3 is 6.09 Å². The molecule has 2 rings (SSSR count). The number of ether oxygens (including phenoxy) is 1. The normalized spacial score (nSPS) is 35.3. The fraction of sp³-hybridized carbons (Fsp3) is 0.857. The Bertz CT molecular complexity index is 325. The van der Waals surface area contributed by atoms with Crippen LogP contribution in [0.5, 0.6) is 0 Å². The Kier molecular flexibility index (Phi) is 4.80. The lowest BCUT2D eigenvalue weighted by Crippen LogP contribution is -2.42. The van der Waals surface area contributed by atoms with Gasteiger partial charge in [-0.3, -0.25) is 4.90 Å². The molecule has 0 aromatic carbocycles. The first-order valence-electron chi connectivity index (χ1n) is 7.15. The number of carboxylic acid groups (broad SMARTS) is 1. The predicted molar refractivity (Wildman–Crippen MR) is 70.1 cm³/mol. The molecular weight excluding hydrogens is 246 g/mol. The number of methoxy groups -OCH3 is 1. The van der Waals surface area contributed by atoms with E-state index < -0.39 is 12.1 Å². The van der Waals surface area contributed by atoms with E-state index in [0.29, 0.717) is 18.4 Å². The molecule has 1 unspecified atom stereocenters. The minimum absolute atomic E-state index is 0.0248. The summed E-state index contributed by atoms with van der Waals surface area (Å²) in [6, 6.07) is -0.408. The molecule has 2 atom stereocenters. The van der Waals surface area contributed by atoms with Crippen LogP contribution in [-0.4, -0.2) is 47.7 Å². The van der Waals surface area contributed by atoms with Gasteiger partial charge in [0.1, 0.15) is 6.29 Å². The zero-order valence-corrected chi connectivity index (χ0v) is 11.5. The van der Waals surface area contributed by atoms with Crippen LogP contribution in [0.3, 0.4) is 0 Å². The summed E-state index contributed by atoms with van der Waals surface area (Å²) in [7, 11) is 1.75. The summed E-state index contributed by atoms with van der Waals surface area (Å²) in [4.78, 5) is 23.6. The topological polar surface area (TPSA) is 66.8 Å². The van der Waals surface area contributed by atoms with Crippen molar-refractivity contribution >= 4 is 12.4 Å². The number of amides is 1. The van der Waals surface area contributed by atoms with Crippen molar-refractivity contribution in [1.29, 1.82) is 0 Å². The summed E-state index contributed by atoms with van der Waals surface area (Å²) in [5.74, 6) is 0.573. The van der Waals surface area contributed by atoms with Crippen molar-refractivity contribution in [3.8, 4) is 0 Å². The number of hydrogen-bond acceptors (Lipinski definition) is 3. The SMILES string of the molecule is COC1CCC(C[C@@H]2CCC(C=O)N2C(=O)O)CC1. The third-order valence-corrected chi connectivity index (χ3v) is 4.66. The zero-order chi connectivity index (χ0) is 13.8. The van der Waals surface area contributed by atoms with Crippen molar-refractivity contribution in [2.24, 2.45) is 5.92 Å². The Balaban J connectivity index is 1.88. The van der Waals surface area contributed by atoms with Gasteiger partial charge in [-0.15, -0.1) is 0 Å². The Hall–Kier alpha value is -1.10. The first-order chi connectivity index (χ1) is 9.15. The van der Waals surface area contributed by atoms with Crippen LogP contribution in [0.15, 0.2) is 0 Å². The van der Waals surface area contributed by atoms with E-state index in [4.69, 9.17) is 4.74 Å². The number of hydrogen-bond donors (Lipinski definition) is 1. The summed E-state index contributed by atoms with van der Waals surface area (Å²) in [6.07, 6.45) is 6.93. The van der Waals surface area contributed by atoms with E-state index in [0.717, 1.165) is 44.8 Å². The number of likely N-dealkylation sites (tertiary alicyclic amines) is 1. The van der Waals surface area contributed by atoms with Crippen LogP contribution in [0.1, 0.15) is 44.9 Å². The third-order valence-electron chi connectivity index (χ3n) is 4.66. The number of carbonyl (C=O) groups excluding carboxylic acids is 1. The fourth-order valence-corrected chi connectivity index (χ4v) is 3.56. The van der Waals surface area contributed by atoms with Crippen molar-refractivity contribution in [3.05, 3.63) is 0 Å². The molecule has 5 nitrogen and oxygen atoms in total. The number of carbonyl (C=O) groups is 2. The quantitative estimate of drug-likeness (QED) is 0.795. The maximum atomic E-state index is 11.3. The van der Waals surface area contributed by atoms with Gasteiger partial charge in [-0.05, 0) is 50.9 Å². The van der Waals surface area contributed by atoms with Crippen molar-refractivity contribution in [2.75, 3.05) is 7.11 Å². The second kappa shape index (κ2) is 6.37. The van der Waals surface area contributed by atoms with Gasteiger partial charge in [0.25, 0.3) is 0 Å². The molecule has 1 heterocycles. The van der Waals surface area contributed by atoms with Gasteiger partial charge < -0.3 is 14.6 Å². The molecule has 1 aliphatic carbocycles. The van der Waals surface area contributed by atoms with Crippen molar-refractivity contribution in [3.63, 3.8) is 0 Å². The van der Waals surface area contributed by atoms with Gasteiger partial charge in [0.15, 0.2) is 0 Å². The largest absolute Gasteiger partial charge is 0.465 e. The average Bonchev–Trinajstić information content (AvgIpc) is 2.82. The molecule has 0 spiro atoms. The molecule has 1 N–H and O–H groups in total. The van der Waals surface area contributed by atoms with Gasteiger partial charge in [0.2, 0.25) is 0 Å². The molecule has 1 aliphatic heterocycles. The molecule has 108 valence electrons. The first-order valence-corrected chi connectivity index (χ1v) is 7.15. The van der Waals surface area contributed by atoms with Crippen LogP contribution >= 0.6 is 0 Å². The minimum atomic E-state index is -0.954. The lowest BCUT2D eigenvalue weighted by atomic mass is 9.83. The molecule has 0 aromatic rings. The summed E-state index contributed by atoms with van der Waals surface area (Å²) in [5, 5.41) is 9.24. The van der Waals surface area contributed by atoms with Crippen LogP contribution in [-0.2, 0) is 9.53 Å². The van der Waals surface area contributed by atoms with Crippen LogP contribution < -0.4 is 0 Å². The standard InChI is InChI=1S/C14H23NO4/c1-19-13-6-2-10(3-7-13)8-11-4-5-12(9-16)15(11)14(17)18/h9-13H,2-8H2,1H3,(H,17,18)/t10?,11-,12?,13?/m0/s1. The molecule has 1 saturated carbocycles. The lowest BCUT2D eigenvalue weighted by molar-refractivity contribution is -0.111. The number of aldehydes is 1. The molecule has 5 heteroatoms. The zero-order valence-electron chi connectivity index (χ0n) is 11.5. The Morgan fingerprint density at radius 2 is 1.95 bits per heavy atom.